The molecule has 0 radical (unpaired) electrons. The molecule has 0 atom stereocenters. The Kier molecular flexibility index (Phi) is 10.0. The van der Waals surface area contributed by atoms with Crippen molar-refractivity contribution < 1.29 is 43.5 Å². The van der Waals surface area contributed by atoms with E-state index in [0.717, 1.165) is 0 Å². The van der Waals surface area contributed by atoms with Crippen molar-refractivity contribution in [2.75, 3.05) is 0 Å². The predicted molar refractivity (Wildman–Crippen MR) is 36.8 cm³/mol. The Morgan fingerprint density at radius 1 is 0.917 bits per heavy atom. The van der Waals surface area contributed by atoms with Gasteiger partial charge in [-0.1, -0.05) is 7.43 Å². The molecule has 0 fully saturated rings. The fraction of sp³-hybridized carbons (Fsp3) is 1.00. The molecule has 0 bridgehead atoms. The average Bonchev–Trinajstić information content (AvgIpc) is 1.59. The normalized spacial score (nSPS) is 10.8. The maximum Gasteiger partial charge on any atom is 0.496 e. The highest BCUT2D eigenvalue weighted by Gasteiger charge is 2.10. The highest BCUT2D eigenvalue weighted by Crippen LogP contribution is 2.33. The van der Waals surface area contributed by atoms with Crippen molar-refractivity contribution in [3.8, 4) is 0 Å². The summed E-state index contributed by atoms with van der Waals surface area (Å²) in [5, 5.41) is 7.14. The maximum atomic E-state index is 9.22. The van der Waals surface area contributed by atoms with E-state index in [1.165, 1.54) is 0 Å². The topological polar surface area (TPSA) is 165 Å². The van der Waals surface area contributed by atoms with Gasteiger partial charge in [0.25, 0.3) is 0 Å². The van der Waals surface area contributed by atoms with Gasteiger partial charge in [0, 0.05) is 0 Å². The minimum Gasteiger partial charge on any atom is -0.303 e. The van der Waals surface area contributed by atoms with Gasteiger partial charge in [-0.25, -0.2) is 14.4 Å². The van der Waals surface area contributed by atoms with Crippen LogP contribution in [-0.2, 0) is 13.8 Å². The van der Waals surface area contributed by atoms with Gasteiger partial charge in [0.15, 0.2) is 0 Å². The third-order valence-electron chi connectivity index (χ3n) is 0.106. The molecule has 0 spiro atoms. The summed E-state index contributed by atoms with van der Waals surface area (Å²) in [6.45, 7) is 0. The van der Waals surface area contributed by atoms with Crippen molar-refractivity contribution in [2.24, 2.45) is 0 Å². The molecule has 0 amide bonds. The van der Waals surface area contributed by atoms with Crippen LogP contribution in [0.15, 0.2) is 0 Å². The van der Waals surface area contributed by atoms with Crippen molar-refractivity contribution in [1.82, 2.24) is 0 Å². The van der Waals surface area contributed by atoms with Crippen LogP contribution in [0.1, 0.15) is 7.43 Å². The Balaban J connectivity index is -0.000000126. The molecule has 0 saturated heterocycles. The number of phosphoric acid groups is 2. The zero-order valence-corrected chi connectivity index (χ0v) is 6.59. The minimum absolute atomic E-state index is 0. The Morgan fingerprint density at radius 2 is 1.00 bits per heavy atom. The van der Waals surface area contributed by atoms with Crippen molar-refractivity contribution in [1.29, 1.82) is 0 Å². The summed E-state index contributed by atoms with van der Waals surface area (Å²) >= 11 is 0. The van der Waals surface area contributed by atoms with Crippen LogP contribution >= 0.6 is 15.6 Å². The molecule has 0 aliphatic heterocycles. The van der Waals surface area contributed by atoms with Gasteiger partial charge in [0.1, 0.15) is 0 Å². The van der Waals surface area contributed by atoms with Crippen LogP contribution in [0.5, 0.6) is 0 Å². The summed E-state index contributed by atoms with van der Waals surface area (Å²) in [5.74, 6) is 0. The third kappa shape index (κ3) is 84.8. The lowest BCUT2D eigenvalue weighted by Gasteiger charge is -1.90. The Bertz CT molecular complexity index is 165. The van der Waals surface area contributed by atoms with Crippen molar-refractivity contribution >= 4 is 15.6 Å². The second-order valence-corrected chi connectivity index (χ2v) is 3.26. The number of hydrogen-bond acceptors (Lipinski definition) is 4. The monoisotopic (exact) mass is 228 g/mol. The second-order valence-electron chi connectivity index (χ2n) is 1.09. The molecule has 0 aromatic carbocycles. The first kappa shape index (κ1) is 18.1. The molecule has 0 saturated carbocycles. The summed E-state index contributed by atoms with van der Waals surface area (Å²) < 4.78 is 20.7. The van der Waals surface area contributed by atoms with Crippen LogP contribution < -0.4 is 0 Å². The summed E-state index contributed by atoms with van der Waals surface area (Å²) in [6, 6.07) is 0. The van der Waals surface area contributed by atoms with E-state index in [4.69, 9.17) is 34.3 Å². The molecular formula is CH10O9P2. The van der Waals surface area contributed by atoms with E-state index in [-0.39, 0.29) is 7.43 Å². The molecular weight excluding hydrogens is 218 g/mol. The van der Waals surface area contributed by atoms with Gasteiger partial charge in [0.2, 0.25) is 0 Å². The van der Waals surface area contributed by atoms with Crippen LogP contribution in [0.2, 0.25) is 0 Å². The molecule has 0 aliphatic rings. The molecule has 12 heavy (non-hydrogen) atoms. The van der Waals surface area contributed by atoms with Crippen LogP contribution in [0, 0.1) is 0 Å². The molecule has 0 aromatic rings. The minimum atomic E-state index is -4.64. The van der Waals surface area contributed by atoms with E-state index < -0.39 is 15.6 Å². The van der Waals surface area contributed by atoms with Crippen LogP contribution in [0.4, 0.5) is 0 Å². The first-order valence-electron chi connectivity index (χ1n) is 1.73. The van der Waals surface area contributed by atoms with Crippen LogP contribution in [0.25, 0.3) is 0 Å². The number of hydrogen-bond donors (Lipinski definition) is 6. The average molecular weight is 228 g/mol. The summed E-state index contributed by atoms with van der Waals surface area (Å²) in [4.78, 5) is 36.5. The molecule has 78 valence electrons. The van der Waals surface area contributed by atoms with Crippen molar-refractivity contribution in [3.05, 3.63) is 0 Å². The Hall–Kier alpha value is 0.180. The van der Waals surface area contributed by atoms with Crippen LogP contribution in [-0.4, -0.2) is 29.7 Å². The lowest BCUT2D eigenvalue weighted by Crippen LogP contribution is -1.77. The van der Waals surface area contributed by atoms with Crippen molar-refractivity contribution in [3.63, 3.8) is 0 Å². The molecule has 9 nitrogen and oxygen atoms in total. The lowest BCUT2D eigenvalue weighted by molar-refractivity contribution is -0.158. The molecule has 6 N–H and O–H groups in total. The molecule has 11 heteroatoms. The quantitative estimate of drug-likeness (QED) is 0.193. The third-order valence-corrected chi connectivity index (χ3v) is 0.319. The second kappa shape index (κ2) is 6.67. The largest absolute Gasteiger partial charge is 0.496 e. The SMILES string of the molecule is C.O=P(O)(O)O.O=P(O)(O)OO. The van der Waals surface area contributed by atoms with E-state index in [9.17, 15) is 4.57 Å². The van der Waals surface area contributed by atoms with E-state index in [1.807, 2.05) is 0 Å². The highest BCUT2D eigenvalue weighted by atomic mass is 31.2. The fourth-order valence-corrected chi connectivity index (χ4v) is 0. The van der Waals surface area contributed by atoms with E-state index >= 15 is 0 Å². The van der Waals surface area contributed by atoms with Gasteiger partial charge in [0.05, 0.1) is 0 Å². The first-order valence-corrected chi connectivity index (χ1v) is 4.83. The lowest BCUT2D eigenvalue weighted by atomic mass is 12.0. The summed E-state index contributed by atoms with van der Waals surface area (Å²) in [5.41, 5.74) is 0. The predicted octanol–water partition coefficient (Wildman–Crippen LogP) is -0.724. The summed E-state index contributed by atoms with van der Waals surface area (Å²) in [6.07, 6.45) is 0. The maximum absolute atomic E-state index is 9.22. The standard InChI is InChI=1S/CH4.H3O5P.H3O4P/c;1-5-6(2,3)4;1-5(2,3)4/h1H4;1H,(H2,2,3,4);(H3,1,2,3,4). The molecule has 0 rings (SSSR count). The van der Waals surface area contributed by atoms with Gasteiger partial charge in [-0.2, -0.15) is 0 Å². The Labute approximate surface area is 67.7 Å². The smallest absolute Gasteiger partial charge is 0.303 e. The van der Waals surface area contributed by atoms with Gasteiger partial charge in [-0.15, -0.1) is 4.67 Å². The molecule has 0 heterocycles. The fourth-order valence-electron chi connectivity index (χ4n) is 0. The van der Waals surface area contributed by atoms with Gasteiger partial charge in [-0.3, -0.25) is 0 Å². The van der Waals surface area contributed by atoms with E-state index in [2.05, 4.69) is 4.67 Å². The molecule has 0 aliphatic carbocycles. The van der Waals surface area contributed by atoms with Gasteiger partial charge >= 0.3 is 15.6 Å². The van der Waals surface area contributed by atoms with E-state index in [1.54, 1.807) is 0 Å². The zero-order chi connectivity index (χ0) is 9.71. The Morgan fingerprint density at radius 3 is 1.00 bits per heavy atom. The molecule has 0 aromatic heterocycles. The first-order chi connectivity index (χ1) is 4.56. The molecule has 0 unspecified atom stereocenters. The van der Waals surface area contributed by atoms with Crippen molar-refractivity contribution in [2.45, 2.75) is 7.43 Å². The van der Waals surface area contributed by atoms with E-state index in [0.29, 0.717) is 0 Å². The summed E-state index contributed by atoms with van der Waals surface area (Å²) in [7, 11) is -9.23. The highest BCUT2D eigenvalue weighted by molar-refractivity contribution is 7.46. The number of rotatable bonds is 1. The van der Waals surface area contributed by atoms with Gasteiger partial charge in [-0.05, 0) is 0 Å². The van der Waals surface area contributed by atoms with Crippen LogP contribution in [0.3, 0.4) is 0 Å². The zero-order valence-electron chi connectivity index (χ0n) is 4.80. The van der Waals surface area contributed by atoms with Gasteiger partial charge < -0.3 is 24.5 Å².